The van der Waals surface area contributed by atoms with Gasteiger partial charge in [0.05, 0.1) is 11.3 Å². The molecule has 1 spiro atoms. The number of hydrogen-bond acceptors (Lipinski definition) is 7. The van der Waals surface area contributed by atoms with Crippen molar-refractivity contribution in [1.29, 1.82) is 0 Å². The maximum atomic E-state index is 12.0. The van der Waals surface area contributed by atoms with Crippen LogP contribution in [0.5, 0.6) is 0 Å². The lowest BCUT2D eigenvalue weighted by molar-refractivity contribution is 0.0697. The first kappa shape index (κ1) is 17.6. The maximum absolute atomic E-state index is 12.0. The number of nitrogens with two attached hydrogens (primary N) is 2. The molecule has 0 atom stereocenters. The molecular weight excluding hydrogens is 344 g/mol. The minimum Gasteiger partial charge on any atom is -0.478 e. The lowest BCUT2D eigenvalue weighted by Gasteiger charge is -2.45. The Bertz CT molecular complexity index is 806. The molecule has 1 saturated carbocycles. The molecule has 144 valence electrons. The van der Waals surface area contributed by atoms with E-state index in [0.29, 0.717) is 5.69 Å². The lowest BCUT2D eigenvalue weighted by Crippen LogP contribution is -2.58. The van der Waals surface area contributed by atoms with Crippen LogP contribution in [0.1, 0.15) is 55.3 Å². The number of carbonyl (C=O) groups is 1. The van der Waals surface area contributed by atoms with Crippen molar-refractivity contribution in [1.82, 2.24) is 0 Å². The SMILES string of the molecule is NC1=NC2(CCCCC2)N(c2ccc(N3CCCC3)c(C(=O)O)c2)C(N)=N1. The third kappa shape index (κ3) is 3.09. The largest absolute Gasteiger partial charge is 0.478 e. The van der Waals surface area contributed by atoms with Crippen LogP contribution < -0.4 is 21.3 Å². The summed E-state index contributed by atoms with van der Waals surface area (Å²) >= 11 is 0. The zero-order chi connectivity index (χ0) is 19.0. The van der Waals surface area contributed by atoms with E-state index in [1.54, 1.807) is 6.07 Å². The molecule has 2 heterocycles. The summed E-state index contributed by atoms with van der Waals surface area (Å²) in [5.74, 6) is -0.473. The Morgan fingerprint density at radius 1 is 1.07 bits per heavy atom. The summed E-state index contributed by atoms with van der Waals surface area (Å²) < 4.78 is 0. The molecule has 0 radical (unpaired) electrons. The van der Waals surface area contributed by atoms with E-state index in [0.717, 1.165) is 63.7 Å². The molecule has 0 amide bonds. The minimum atomic E-state index is -0.938. The van der Waals surface area contributed by atoms with Crippen molar-refractivity contribution in [2.24, 2.45) is 21.5 Å². The van der Waals surface area contributed by atoms with E-state index in [4.69, 9.17) is 11.5 Å². The van der Waals surface area contributed by atoms with Gasteiger partial charge in [0.2, 0.25) is 11.9 Å². The molecule has 2 aliphatic heterocycles. The third-order valence-electron chi connectivity index (χ3n) is 5.77. The second-order valence-corrected chi connectivity index (χ2v) is 7.52. The predicted octanol–water partition coefficient (Wildman–Crippen LogP) is 2.09. The number of aliphatic imine (C=N–C) groups is 2. The molecular formula is C19H26N6O2. The number of benzene rings is 1. The van der Waals surface area contributed by atoms with E-state index in [1.807, 2.05) is 17.0 Å². The summed E-state index contributed by atoms with van der Waals surface area (Å²) in [6.45, 7) is 1.77. The minimum absolute atomic E-state index is 0.192. The molecule has 5 N–H and O–H groups in total. The van der Waals surface area contributed by atoms with Crippen LogP contribution in [0.25, 0.3) is 0 Å². The van der Waals surface area contributed by atoms with E-state index in [9.17, 15) is 9.90 Å². The zero-order valence-electron chi connectivity index (χ0n) is 15.4. The smallest absolute Gasteiger partial charge is 0.337 e. The molecule has 8 nitrogen and oxygen atoms in total. The van der Waals surface area contributed by atoms with Crippen molar-refractivity contribution in [3.63, 3.8) is 0 Å². The highest BCUT2D eigenvalue weighted by Gasteiger charge is 2.42. The molecule has 4 rings (SSSR count). The van der Waals surface area contributed by atoms with Gasteiger partial charge in [-0.2, -0.15) is 4.99 Å². The molecule has 1 aliphatic carbocycles. The van der Waals surface area contributed by atoms with Crippen molar-refractivity contribution in [2.45, 2.75) is 50.6 Å². The summed E-state index contributed by atoms with van der Waals surface area (Å²) in [5, 5.41) is 9.80. The van der Waals surface area contributed by atoms with Gasteiger partial charge in [0, 0.05) is 18.8 Å². The first-order valence-electron chi connectivity index (χ1n) is 9.62. The Balaban J connectivity index is 1.78. The maximum Gasteiger partial charge on any atom is 0.337 e. The standard InChI is InChI=1S/C19H26N6O2/c20-17-22-18(21)25(19(23-17)8-2-1-3-9-19)13-6-7-15(14(12-13)16(26)27)24-10-4-5-11-24/h6-7,12H,1-5,8-11H2,(H,26,27)(H4,20,21,22,23). The number of rotatable bonds is 3. The van der Waals surface area contributed by atoms with E-state index >= 15 is 0 Å². The number of anilines is 2. The number of aromatic carboxylic acids is 1. The van der Waals surface area contributed by atoms with Gasteiger partial charge in [-0.15, -0.1) is 0 Å². The molecule has 1 aromatic rings. The predicted molar refractivity (Wildman–Crippen MR) is 106 cm³/mol. The van der Waals surface area contributed by atoms with E-state index in [-0.39, 0.29) is 17.5 Å². The van der Waals surface area contributed by atoms with Crippen molar-refractivity contribution in [2.75, 3.05) is 22.9 Å². The van der Waals surface area contributed by atoms with Gasteiger partial charge in [-0.05, 0) is 56.7 Å². The van der Waals surface area contributed by atoms with Crippen LogP contribution in [0.4, 0.5) is 11.4 Å². The second kappa shape index (κ2) is 6.75. The van der Waals surface area contributed by atoms with Gasteiger partial charge in [-0.25, -0.2) is 9.79 Å². The van der Waals surface area contributed by atoms with E-state index in [2.05, 4.69) is 14.9 Å². The van der Waals surface area contributed by atoms with Crippen LogP contribution in [-0.4, -0.2) is 41.7 Å². The summed E-state index contributed by atoms with van der Waals surface area (Å²) in [4.78, 5) is 24.8. The molecule has 27 heavy (non-hydrogen) atoms. The van der Waals surface area contributed by atoms with Crippen LogP contribution in [0.2, 0.25) is 0 Å². The Morgan fingerprint density at radius 2 is 1.78 bits per heavy atom. The molecule has 2 fully saturated rings. The zero-order valence-corrected chi connectivity index (χ0v) is 15.4. The average molecular weight is 370 g/mol. The lowest BCUT2D eigenvalue weighted by atomic mass is 9.87. The van der Waals surface area contributed by atoms with Gasteiger partial charge in [-0.3, -0.25) is 4.90 Å². The second-order valence-electron chi connectivity index (χ2n) is 7.52. The van der Waals surface area contributed by atoms with Gasteiger partial charge < -0.3 is 21.5 Å². The summed E-state index contributed by atoms with van der Waals surface area (Å²) in [6, 6.07) is 5.51. The van der Waals surface area contributed by atoms with Gasteiger partial charge in [0.25, 0.3) is 0 Å². The number of guanidine groups is 2. The third-order valence-corrected chi connectivity index (χ3v) is 5.77. The van der Waals surface area contributed by atoms with Gasteiger partial charge in [-0.1, -0.05) is 6.42 Å². The highest BCUT2D eigenvalue weighted by atomic mass is 16.4. The molecule has 8 heteroatoms. The van der Waals surface area contributed by atoms with Crippen molar-refractivity contribution in [3.8, 4) is 0 Å². The molecule has 1 saturated heterocycles. The van der Waals surface area contributed by atoms with Crippen LogP contribution in [0.15, 0.2) is 28.2 Å². The van der Waals surface area contributed by atoms with Crippen LogP contribution >= 0.6 is 0 Å². The normalized spacial score (nSPS) is 21.9. The Morgan fingerprint density at radius 3 is 2.44 bits per heavy atom. The Hall–Kier alpha value is -2.77. The fourth-order valence-electron chi connectivity index (χ4n) is 4.56. The summed E-state index contributed by atoms with van der Waals surface area (Å²) in [7, 11) is 0. The van der Waals surface area contributed by atoms with Crippen molar-refractivity contribution < 1.29 is 9.90 Å². The highest BCUT2D eigenvalue weighted by Crippen LogP contribution is 2.40. The van der Waals surface area contributed by atoms with E-state index < -0.39 is 11.6 Å². The fraction of sp³-hybridized carbons (Fsp3) is 0.526. The van der Waals surface area contributed by atoms with Gasteiger partial charge in [0.1, 0.15) is 5.66 Å². The van der Waals surface area contributed by atoms with Gasteiger partial charge >= 0.3 is 5.97 Å². The van der Waals surface area contributed by atoms with Gasteiger partial charge in [0.15, 0.2) is 0 Å². The highest BCUT2D eigenvalue weighted by molar-refractivity contribution is 6.06. The molecule has 0 aromatic heterocycles. The van der Waals surface area contributed by atoms with Crippen LogP contribution in [0, 0.1) is 0 Å². The van der Waals surface area contributed by atoms with Crippen molar-refractivity contribution in [3.05, 3.63) is 23.8 Å². The number of hydrogen-bond donors (Lipinski definition) is 3. The fourth-order valence-corrected chi connectivity index (χ4v) is 4.56. The first-order valence-corrected chi connectivity index (χ1v) is 9.62. The Kier molecular flexibility index (Phi) is 4.41. The average Bonchev–Trinajstić information content (AvgIpc) is 3.16. The quantitative estimate of drug-likeness (QED) is 0.749. The van der Waals surface area contributed by atoms with Crippen molar-refractivity contribution >= 4 is 29.3 Å². The van der Waals surface area contributed by atoms with E-state index in [1.165, 1.54) is 0 Å². The molecule has 3 aliphatic rings. The Labute approximate surface area is 158 Å². The molecule has 0 unspecified atom stereocenters. The molecule has 0 bridgehead atoms. The van der Waals surface area contributed by atoms with Crippen LogP contribution in [-0.2, 0) is 0 Å². The number of nitrogens with zero attached hydrogens (tertiary/aromatic N) is 4. The molecule has 1 aromatic carbocycles. The number of carboxylic acids is 1. The van der Waals surface area contributed by atoms with Crippen LogP contribution in [0.3, 0.4) is 0 Å². The first-order chi connectivity index (χ1) is 13.0. The summed E-state index contributed by atoms with van der Waals surface area (Å²) in [6.07, 6.45) is 7.01. The topological polar surface area (TPSA) is 121 Å². The monoisotopic (exact) mass is 370 g/mol. The summed E-state index contributed by atoms with van der Waals surface area (Å²) in [5.41, 5.74) is 13.3. The number of carboxylic acid groups (broad SMARTS) is 1.